The lowest BCUT2D eigenvalue weighted by molar-refractivity contribution is 0.587. The van der Waals surface area contributed by atoms with Gasteiger partial charge in [0.2, 0.25) is 11.6 Å². The smallest absolute Gasteiger partial charge is 0.252 e. The van der Waals surface area contributed by atoms with E-state index in [4.69, 9.17) is 4.42 Å². The lowest BCUT2D eigenvalue weighted by Gasteiger charge is -1.96. The van der Waals surface area contributed by atoms with Gasteiger partial charge in [-0.3, -0.25) is 0 Å². The van der Waals surface area contributed by atoms with Gasteiger partial charge >= 0.3 is 0 Å². The summed E-state index contributed by atoms with van der Waals surface area (Å²) in [7, 11) is 0. The van der Waals surface area contributed by atoms with Crippen LogP contribution >= 0.6 is 0 Å². The highest BCUT2D eigenvalue weighted by Crippen LogP contribution is 2.25. The average molecular weight is 341 g/mol. The number of aromatic nitrogens is 2. The molecule has 2 N–H and O–H groups in total. The second-order valence-corrected chi connectivity index (χ2v) is 5.75. The predicted molar refractivity (Wildman–Crippen MR) is 101 cm³/mol. The summed E-state index contributed by atoms with van der Waals surface area (Å²) in [5.74, 6) is 0.600. The lowest BCUT2D eigenvalue weighted by atomic mass is 10.1. The van der Waals surface area contributed by atoms with Gasteiger partial charge in [0.15, 0.2) is 0 Å². The van der Waals surface area contributed by atoms with Crippen molar-refractivity contribution in [3.8, 4) is 17.5 Å². The number of hydrogen-bond donors (Lipinski definition) is 2. The molecule has 6 heteroatoms. The molecule has 4 rings (SSSR count). The Morgan fingerprint density at radius 1 is 1.15 bits per heavy atom. The van der Waals surface area contributed by atoms with Gasteiger partial charge in [-0.2, -0.15) is 15.3 Å². The Morgan fingerprint density at radius 3 is 2.73 bits per heavy atom. The molecule has 0 fully saturated rings. The third-order valence-electron chi connectivity index (χ3n) is 4.06. The maximum atomic E-state index is 9.28. The monoisotopic (exact) mass is 341 g/mol. The summed E-state index contributed by atoms with van der Waals surface area (Å²) >= 11 is 0. The summed E-state index contributed by atoms with van der Waals surface area (Å²) in [6.07, 6.45) is 1.71. The summed E-state index contributed by atoms with van der Waals surface area (Å²) in [6, 6.07) is 19.5. The van der Waals surface area contributed by atoms with E-state index >= 15 is 0 Å². The van der Waals surface area contributed by atoms with Crippen LogP contribution in [0.2, 0.25) is 0 Å². The third-order valence-corrected chi connectivity index (χ3v) is 4.06. The van der Waals surface area contributed by atoms with E-state index in [1.54, 1.807) is 6.21 Å². The molecule has 2 heterocycles. The predicted octanol–water partition coefficient (Wildman–Crippen LogP) is 4.45. The van der Waals surface area contributed by atoms with E-state index in [2.05, 4.69) is 20.5 Å². The Hall–Kier alpha value is -3.85. The molecule has 0 spiro atoms. The number of para-hydroxylation sites is 1. The highest BCUT2D eigenvalue weighted by Gasteiger charge is 2.14. The van der Waals surface area contributed by atoms with Crippen LogP contribution in [0, 0.1) is 18.3 Å². The summed E-state index contributed by atoms with van der Waals surface area (Å²) in [6.45, 7) is 1.99. The van der Waals surface area contributed by atoms with Crippen LogP contribution in [-0.2, 0) is 0 Å². The van der Waals surface area contributed by atoms with Crippen LogP contribution in [0.25, 0.3) is 22.4 Å². The molecule has 0 aliphatic rings. The number of aromatic amines is 1. The standard InChI is InChI=1S/C20H15N5O/c1-13-16(15-9-5-6-10-17(15)23-13)12-22-25-20-18(11-21)24-19(26-20)14-7-3-2-4-8-14/h2-10,12,23,25H,1H3/b22-12+. The number of fused-ring (bicyclic) bond motifs is 1. The molecule has 2 aromatic heterocycles. The van der Waals surface area contributed by atoms with Crippen molar-refractivity contribution in [2.24, 2.45) is 5.10 Å². The number of nitrogens with one attached hydrogen (secondary N) is 2. The number of rotatable bonds is 4. The molecular formula is C20H15N5O. The van der Waals surface area contributed by atoms with Gasteiger partial charge in [-0.1, -0.05) is 36.4 Å². The quantitative estimate of drug-likeness (QED) is 0.424. The summed E-state index contributed by atoms with van der Waals surface area (Å²) in [4.78, 5) is 7.53. The maximum Gasteiger partial charge on any atom is 0.252 e. The van der Waals surface area contributed by atoms with Crippen molar-refractivity contribution in [3.05, 3.63) is 71.5 Å². The molecule has 126 valence electrons. The number of benzene rings is 2. The van der Waals surface area contributed by atoms with Gasteiger partial charge in [-0.05, 0) is 25.1 Å². The molecule has 0 atom stereocenters. The lowest BCUT2D eigenvalue weighted by Crippen LogP contribution is -1.92. The van der Waals surface area contributed by atoms with Crippen molar-refractivity contribution in [2.75, 3.05) is 5.43 Å². The first-order valence-electron chi connectivity index (χ1n) is 8.09. The Labute approximate surface area is 149 Å². The average Bonchev–Trinajstić information content (AvgIpc) is 3.23. The van der Waals surface area contributed by atoms with Crippen LogP contribution in [0.3, 0.4) is 0 Å². The Balaban J connectivity index is 1.62. The van der Waals surface area contributed by atoms with E-state index in [1.807, 2.05) is 67.6 Å². The molecule has 0 aliphatic heterocycles. The van der Waals surface area contributed by atoms with Crippen LogP contribution in [0.15, 0.2) is 64.1 Å². The zero-order valence-electron chi connectivity index (χ0n) is 14.0. The molecule has 6 nitrogen and oxygen atoms in total. The van der Waals surface area contributed by atoms with Crippen LogP contribution in [0.5, 0.6) is 0 Å². The van der Waals surface area contributed by atoms with Crippen molar-refractivity contribution in [3.63, 3.8) is 0 Å². The number of H-pyrrole nitrogens is 1. The minimum absolute atomic E-state index is 0.164. The van der Waals surface area contributed by atoms with Crippen LogP contribution < -0.4 is 5.43 Å². The molecular weight excluding hydrogens is 326 g/mol. The number of aryl methyl sites for hydroxylation is 1. The SMILES string of the molecule is Cc1[nH]c2ccccc2c1/C=N/Nc1oc(-c2ccccc2)nc1C#N. The fraction of sp³-hybridized carbons (Fsp3) is 0.0500. The van der Waals surface area contributed by atoms with E-state index in [0.29, 0.717) is 5.89 Å². The molecule has 2 aromatic carbocycles. The van der Waals surface area contributed by atoms with Crippen LogP contribution in [-0.4, -0.2) is 16.2 Å². The van der Waals surface area contributed by atoms with Crippen molar-refractivity contribution in [2.45, 2.75) is 6.92 Å². The van der Waals surface area contributed by atoms with Crippen molar-refractivity contribution < 1.29 is 4.42 Å². The van der Waals surface area contributed by atoms with Gasteiger partial charge in [0.05, 0.1) is 6.21 Å². The summed E-state index contributed by atoms with van der Waals surface area (Å²) < 4.78 is 5.66. The van der Waals surface area contributed by atoms with Gasteiger partial charge in [-0.15, -0.1) is 0 Å². The first-order valence-corrected chi connectivity index (χ1v) is 8.09. The Bertz CT molecular complexity index is 1130. The fourth-order valence-corrected chi connectivity index (χ4v) is 2.80. The van der Waals surface area contributed by atoms with Gasteiger partial charge in [0.1, 0.15) is 6.07 Å². The number of oxazole rings is 1. The highest BCUT2D eigenvalue weighted by atomic mass is 16.4. The largest absolute Gasteiger partial charge is 0.417 e. The molecule has 0 saturated heterocycles. The minimum atomic E-state index is 0.164. The van der Waals surface area contributed by atoms with E-state index < -0.39 is 0 Å². The first kappa shape index (κ1) is 15.7. The highest BCUT2D eigenvalue weighted by molar-refractivity contribution is 6.00. The molecule has 26 heavy (non-hydrogen) atoms. The normalized spacial score (nSPS) is 11.1. The summed E-state index contributed by atoms with van der Waals surface area (Å²) in [5.41, 5.74) is 6.80. The van der Waals surface area contributed by atoms with Crippen molar-refractivity contribution in [1.29, 1.82) is 5.26 Å². The topological polar surface area (TPSA) is 90.0 Å². The number of nitrogens with zero attached hydrogens (tertiary/aromatic N) is 3. The van der Waals surface area contributed by atoms with Crippen LogP contribution in [0.4, 0.5) is 5.88 Å². The number of hydrogen-bond acceptors (Lipinski definition) is 5. The summed E-state index contributed by atoms with van der Waals surface area (Å²) in [5, 5.41) is 14.6. The van der Waals surface area contributed by atoms with Gasteiger partial charge in [-0.25, -0.2) is 5.43 Å². The van der Waals surface area contributed by atoms with Gasteiger partial charge < -0.3 is 9.40 Å². The number of nitriles is 1. The van der Waals surface area contributed by atoms with Gasteiger partial charge in [0, 0.05) is 27.7 Å². The third kappa shape index (κ3) is 2.82. The van der Waals surface area contributed by atoms with Crippen molar-refractivity contribution in [1.82, 2.24) is 9.97 Å². The zero-order valence-corrected chi connectivity index (χ0v) is 14.0. The van der Waals surface area contributed by atoms with Crippen molar-refractivity contribution >= 4 is 23.0 Å². The fourth-order valence-electron chi connectivity index (χ4n) is 2.80. The van der Waals surface area contributed by atoms with E-state index in [1.165, 1.54) is 0 Å². The minimum Gasteiger partial charge on any atom is -0.417 e. The molecule has 0 unspecified atom stereocenters. The zero-order chi connectivity index (χ0) is 17.9. The van der Waals surface area contributed by atoms with E-state index in [0.717, 1.165) is 27.7 Å². The number of hydrazone groups is 1. The van der Waals surface area contributed by atoms with Crippen LogP contribution in [0.1, 0.15) is 17.0 Å². The van der Waals surface area contributed by atoms with E-state index in [9.17, 15) is 5.26 Å². The molecule has 0 radical (unpaired) electrons. The molecule has 0 amide bonds. The first-order chi connectivity index (χ1) is 12.8. The Morgan fingerprint density at radius 2 is 1.92 bits per heavy atom. The second-order valence-electron chi connectivity index (χ2n) is 5.75. The van der Waals surface area contributed by atoms with Gasteiger partial charge in [0.25, 0.3) is 5.88 Å². The molecule has 4 aromatic rings. The Kier molecular flexibility index (Phi) is 3.96. The molecule has 0 bridgehead atoms. The molecule has 0 saturated carbocycles. The van der Waals surface area contributed by atoms with E-state index in [-0.39, 0.29) is 11.6 Å². The maximum absolute atomic E-state index is 9.28. The molecule has 0 aliphatic carbocycles. The number of anilines is 1. The second kappa shape index (κ2) is 6.57.